The molecule has 0 saturated heterocycles. The highest BCUT2D eigenvalue weighted by Gasteiger charge is 2.50. The third-order valence-electron chi connectivity index (χ3n) is 11.1. The Bertz CT molecular complexity index is 1630. The van der Waals surface area contributed by atoms with Gasteiger partial charge >= 0.3 is 0 Å². The van der Waals surface area contributed by atoms with Gasteiger partial charge in [0.25, 0.3) is 0 Å². The molecule has 7 aliphatic rings. The van der Waals surface area contributed by atoms with E-state index in [1.54, 1.807) is 30.3 Å². The molecule has 6 fully saturated rings. The van der Waals surface area contributed by atoms with Crippen molar-refractivity contribution in [1.82, 2.24) is 9.44 Å². The van der Waals surface area contributed by atoms with E-state index in [-0.39, 0.29) is 27.6 Å². The minimum absolute atomic E-state index is 0.0238. The van der Waals surface area contributed by atoms with Crippen molar-refractivity contribution in [2.45, 2.75) is 86.1 Å². The van der Waals surface area contributed by atoms with Crippen LogP contribution in [0.3, 0.4) is 0 Å². The second kappa shape index (κ2) is 8.63. The van der Waals surface area contributed by atoms with Gasteiger partial charge in [-0.15, -0.1) is 0 Å². The molecule has 9 rings (SSSR count). The van der Waals surface area contributed by atoms with Crippen LogP contribution >= 0.6 is 0 Å². The lowest BCUT2D eigenvalue weighted by atomic mass is 9.54. The molecule has 7 aliphatic carbocycles. The van der Waals surface area contributed by atoms with Crippen molar-refractivity contribution in [2.24, 2.45) is 34.2 Å². The second-order valence-corrected chi connectivity index (χ2v) is 16.9. The zero-order valence-electron chi connectivity index (χ0n) is 22.3. The Kier molecular flexibility index (Phi) is 5.49. The van der Waals surface area contributed by atoms with E-state index in [9.17, 15) is 22.0 Å². The lowest BCUT2D eigenvalue weighted by molar-refractivity contribution is -0.00557. The van der Waals surface area contributed by atoms with E-state index in [4.69, 9.17) is 0 Å². The molecule has 3 N–H and O–H groups in total. The summed E-state index contributed by atoms with van der Waals surface area (Å²) in [6, 6.07) is 9.64. The van der Waals surface area contributed by atoms with Crippen LogP contribution in [0.2, 0.25) is 0 Å². The zero-order valence-corrected chi connectivity index (χ0v) is 24.0. The number of fused-ring (bicyclic) bond motifs is 3. The Balaban J connectivity index is 1.05. The standard InChI is InChI=1S/C30H35N3O5S2/c34-31-29-26-13-22(39(35,36)32-21-15-30(16-21)6-1-7-30)2-4-24(26)25-5-3-23(14-27(25)29)40(37,38)33-28-19-9-17-8-18(11-19)12-20(28)10-17/h2-5,13-14,17-21,28,32-34H,1,6-12,15-16H2/b31-29+. The van der Waals surface area contributed by atoms with Crippen molar-refractivity contribution in [3.8, 4) is 11.1 Å². The molecule has 0 atom stereocenters. The first-order valence-electron chi connectivity index (χ1n) is 14.7. The Morgan fingerprint density at radius 3 is 1.73 bits per heavy atom. The van der Waals surface area contributed by atoms with Crippen molar-refractivity contribution >= 4 is 25.8 Å². The van der Waals surface area contributed by atoms with Gasteiger partial charge in [-0.25, -0.2) is 26.3 Å². The van der Waals surface area contributed by atoms with Crippen molar-refractivity contribution in [2.75, 3.05) is 0 Å². The summed E-state index contributed by atoms with van der Waals surface area (Å²) in [7, 11) is -7.53. The minimum Gasteiger partial charge on any atom is -0.410 e. The maximum Gasteiger partial charge on any atom is 0.240 e. The Morgan fingerprint density at radius 2 is 1.25 bits per heavy atom. The van der Waals surface area contributed by atoms with Crippen LogP contribution in [0.4, 0.5) is 0 Å². The van der Waals surface area contributed by atoms with Crippen LogP contribution in [-0.4, -0.2) is 39.8 Å². The summed E-state index contributed by atoms with van der Waals surface area (Å²) in [5.41, 5.74) is 2.94. The van der Waals surface area contributed by atoms with E-state index in [0.29, 0.717) is 28.4 Å². The quantitative estimate of drug-likeness (QED) is 0.290. The topological polar surface area (TPSA) is 125 Å². The number of hydrogen-bond acceptors (Lipinski definition) is 6. The van der Waals surface area contributed by atoms with Crippen LogP contribution in [0.25, 0.3) is 11.1 Å². The molecule has 0 aliphatic heterocycles. The summed E-state index contributed by atoms with van der Waals surface area (Å²) >= 11 is 0. The third kappa shape index (κ3) is 3.86. The first-order chi connectivity index (χ1) is 19.1. The van der Waals surface area contributed by atoms with Crippen molar-refractivity contribution in [3.63, 3.8) is 0 Å². The Labute approximate surface area is 235 Å². The van der Waals surface area contributed by atoms with Gasteiger partial charge in [-0.05, 0) is 122 Å². The molecule has 0 unspecified atom stereocenters. The summed E-state index contributed by atoms with van der Waals surface area (Å²) in [4.78, 5) is 0.254. The fourth-order valence-electron chi connectivity index (χ4n) is 9.30. The van der Waals surface area contributed by atoms with Gasteiger partial charge in [0.1, 0.15) is 5.71 Å². The fraction of sp³-hybridized carbons (Fsp3) is 0.567. The molecule has 10 heteroatoms. The number of oxime groups is 1. The zero-order chi connectivity index (χ0) is 27.4. The number of sulfonamides is 2. The van der Waals surface area contributed by atoms with Crippen LogP contribution < -0.4 is 9.44 Å². The minimum atomic E-state index is -3.79. The summed E-state index contributed by atoms with van der Waals surface area (Å²) < 4.78 is 59.5. The second-order valence-electron chi connectivity index (χ2n) is 13.5. The van der Waals surface area contributed by atoms with Crippen LogP contribution in [0, 0.1) is 29.1 Å². The van der Waals surface area contributed by atoms with Gasteiger partial charge in [0.15, 0.2) is 0 Å². The van der Waals surface area contributed by atoms with E-state index in [2.05, 4.69) is 14.6 Å². The van der Waals surface area contributed by atoms with E-state index < -0.39 is 20.0 Å². The molecule has 1 spiro atoms. The van der Waals surface area contributed by atoms with E-state index >= 15 is 0 Å². The van der Waals surface area contributed by atoms with Gasteiger partial charge in [0, 0.05) is 23.2 Å². The molecule has 0 aromatic heterocycles. The smallest absolute Gasteiger partial charge is 0.240 e. The number of nitrogens with one attached hydrogen (secondary N) is 2. The molecule has 6 saturated carbocycles. The highest BCUT2D eigenvalue weighted by atomic mass is 32.2. The Hall–Kier alpha value is -2.27. The highest BCUT2D eigenvalue weighted by Crippen LogP contribution is 2.56. The summed E-state index contributed by atoms with van der Waals surface area (Å²) in [5.74, 6) is 2.32. The van der Waals surface area contributed by atoms with Gasteiger partial charge in [0.05, 0.1) is 9.79 Å². The molecule has 2 aromatic rings. The number of benzene rings is 2. The van der Waals surface area contributed by atoms with Crippen LogP contribution in [0.15, 0.2) is 51.3 Å². The van der Waals surface area contributed by atoms with Crippen LogP contribution in [0.5, 0.6) is 0 Å². The molecule has 2 aromatic carbocycles. The van der Waals surface area contributed by atoms with Crippen molar-refractivity contribution in [1.29, 1.82) is 0 Å². The van der Waals surface area contributed by atoms with Crippen molar-refractivity contribution < 1.29 is 22.0 Å². The van der Waals surface area contributed by atoms with E-state index in [0.717, 1.165) is 61.5 Å². The lowest BCUT2D eigenvalue weighted by Crippen LogP contribution is -2.55. The lowest BCUT2D eigenvalue weighted by Gasteiger charge is -2.54. The summed E-state index contributed by atoms with van der Waals surface area (Å²) in [5, 5.41) is 13.5. The summed E-state index contributed by atoms with van der Waals surface area (Å²) in [6.45, 7) is 0. The van der Waals surface area contributed by atoms with Gasteiger partial charge in [-0.1, -0.05) is 23.7 Å². The molecular formula is C30H35N3O5S2. The largest absolute Gasteiger partial charge is 0.410 e. The first kappa shape index (κ1) is 25.4. The predicted octanol–water partition coefficient (Wildman–Crippen LogP) is 4.61. The van der Waals surface area contributed by atoms with Gasteiger partial charge in [0.2, 0.25) is 20.0 Å². The van der Waals surface area contributed by atoms with Crippen LogP contribution in [0.1, 0.15) is 75.3 Å². The summed E-state index contributed by atoms with van der Waals surface area (Å²) in [6.07, 6.45) is 11.2. The number of nitrogens with zero attached hydrogens (tertiary/aromatic N) is 1. The molecule has 0 radical (unpaired) electrons. The van der Waals surface area contributed by atoms with Gasteiger partial charge in [-0.3, -0.25) is 0 Å². The molecule has 8 nitrogen and oxygen atoms in total. The maximum atomic E-state index is 13.6. The SMILES string of the molecule is O=S(=O)(NC1CC2(CCC2)C1)c1ccc2c(c1)/C(=N\O)c1cc(S(=O)(=O)NC3C4CC5CC(C4)CC3C5)ccc1-2. The third-order valence-corrected chi connectivity index (χ3v) is 14.1. The molecular weight excluding hydrogens is 546 g/mol. The predicted molar refractivity (Wildman–Crippen MR) is 150 cm³/mol. The molecule has 4 bridgehead atoms. The molecule has 212 valence electrons. The Morgan fingerprint density at radius 1 is 0.725 bits per heavy atom. The van der Waals surface area contributed by atoms with Crippen molar-refractivity contribution in [3.05, 3.63) is 47.5 Å². The van der Waals surface area contributed by atoms with E-state index in [1.807, 2.05) is 0 Å². The number of hydrogen-bond donors (Lipinski definition) is 3. The average molecular weight is 582 g/mol. The molecule has 0 heterocycles. The highest BCUT2D eigenvalue weighted by molar-refractivity contribution is 7.89. The molecule has 0 amide bonds. The van der Waals surface area contributed by atoms with Gasteiger partial charge < -0.3 is 5.21 Å². The van der Waals surface area contributed by atoms with Gasteiger partial charge in [-0.2, -0.15) is 0 Å². The molecule has 40 heavy (non-hydrogen) atoms. The van der Waals surface area contributed by atoms with E-state index in [1.165, 1.54) is 31.7 Å². The van der Waals surface area contributed by atoms with Crippen LogP contribution in [-0.2, 0) is 20.0 Å². The number of rotatable bonds is 6. The normalized spacial score (nSPS) is 32.6. The maximum absolute atomic E-state index is 13.6. The monoisotopic (exact) mass is 581 g/mol. The average Bonchev–Trinajstić information content (AvgIpc) is 3.19. The first-order valence-corrected chi connectivity index (χ1v) is 17.7. The fourth-order valence-corrected chi connectivity index (χ4v) is 12.0.